The minimum atomic E-state index is -0.583. The number of halogens is 2. The summed E-state index contributed by atoms with van der Waals surface area (Å²) < 4.78 is 13.0. The molecular weight excluding hydrogens is 235 g/mol. The summed E-state index contributed by atoms with van der Waals surface area (Å²) in [4.78, 5) is 15.9. The average Bonchev–Trinajstić information content (AvgIpc) is 2.21. The number of hydrogen-bond acceptors (Lipinski definition) is 3. The Balaban J connectivity index is 2.96. The van der Waals surface area contributed by atoms with Crippen LogP contribution in [0.2, 0.25) is 5.02 Å². The van der Waals surface area contributed by atoms with Gasteiger partial charge in [0.15, 0.2) is 0 Å². The fourth-order valence-electron chi connectivity index (χ4n) is 1.19. The van der Waals surface area contributed by atoms with Gasteiger partial charge in [0.2, 0.25) is 5.91 Å². The Bertz CT molecular complexity index is 412. The Morgan fingerprint density at radius 3 is 2.75 bits per heavy atom. The van der Waals surface area contributed by atoms with Gasteiger partial charge in [-0.15, -0.1) is 0 Å². The fraction of sp³-hybridized carbons (Fsp3) is 0.300. The number of nitrogen functional groups attached to an aromatic ring is 1. The molecule has 0 heterocycles. The quantitative estimate of drug-likeness (QED) is 0.655. The Hall–Kier alpha value is -1.33. The fourth-order valence-corrected chi connectivity index (χ4v) is 1.40. The van der Waals surface area contributed by atoms with Crippen molar-refractivity contribution in [2.45, 2.75) is 13.5 Å². The van der Waals surface area contributed by atoms with Crippen molar-refractivity contribution in [3.05, 3.63) is 28.5 Å². The predicted octanol–water partition coefficient (Wildman–Crippen LogP) is 1.97. The first-order valence-corrected chi connectivity index (χ1v) is 4.89. The molecule has 88 valence electrons. The van der Waals surface area contributed by atoms with Crippen molar-refractivity contribution in [2.24, 2.45) is 0 Å². The van der Waals surface area contributed by atoms with Crippen molar-refractivity contribution < 1.29 is 14.0 Å². The summed E-state index contributed by atoms with van der Waals surface area (Å²) in [6, 6.07) is 2.49. The zero-order valence-corrected chi connectivity index (χ0v) is 9.71. The van der Waals surface area contributed by atoms with Crippen LogP contribution >= 0.6 is 11.6 Å². The maximum absolute atomic E-state index is 13.0. The maximum Gasteiger partial charge on any atom is 0.243 e. The highest BCUT2D eigenvalue weighted by Crippen LogP contribution is 2.23. The first kappa shape index (κ1) is 12.7. The smallest absolute Gasteiger partial charge is 0.243 e. The molecule has 2 N–H and O–H groups in total. The molecule has 1 aromatic carbocycles. The lowest BCUT2D eigenvalue weighted by molar-refractivity contribution is -0.176. The van der Waals surface area contributed by atoms with Gasteiger partial charge in [0.05, 0.1) is 19.3 Å². The van der Waals surface area contributed by atoms with Gasteiger partial charge in [-0.2, -0.15) is 0 Å². The van der Waals surface area contributed by atoms with Gasteiger partial charge in [0, 0.05) is 11.9 Å². The van der Waals surface area contributed by atoms with Crippen LogP contribution in [0.4, 0.5) is 10.1 Å². The molecule has 0 atom stereocenters. The largest absolute Gasteiger partial charge is 0.396 e. The van der Waals surface area contributed by atoms with Crippen molar-refractivity contribution in [2.75, 3.05) is 12.8 Å². The van der Waals surface area contributed by atoms with Gasteiger partial charge >= 0.3 is 0 Å². The molecule has 1 aromatic rings. The Morgan fingerprint density at radius 1 is 1.62 bits per heavy atom. The monoisotopic (exact) mass is 246 g/mol. The summed E-state index contributed by atoms with van der Waals surface area (Å²) in [7, 11) is 1.36. The molecule has 1 rings (SSSR count). The number of hydroxylamine groups is 2. The molecule has 0 saturated heterocycles. The zero-order chi connectivity index (χ0) is 12.3. The van der Waals surface area contributed by atoms with Crippen molar-refractivity contribution >= 4 is 23.2 Å². The van der Waals surface area contributed by atoms with Crippen LogP contribution in [0.3, 0.4) is 0 Å². The number of nitrogens with zero attached hydrogens (tertiary/aromatic N) is 1. The third kappa shape index (κ3) is 2.84. The predicted molar refractivity (Wildman–Crippen MR) is 59.1 cm³/mol. The molecule has 1 amide bonds. The molecule has 0 aliphatic carbocycles. The number of benzene rings is 1. The molecule has 0 bridgehead atoms. The van der Waals surface area contributed by atoms with Gasteiger partial charge in [-0.25, -0.2) is 9.45 Å². The highest BCUT2D eigenvalue weighted by molar-refractivity contribution is 6.31. The second-order valence-corrected chi connectivity index (χ2v) is 3.61. The molecule has 0 aliphatic rings. The molecule has 0 aromatic heterocycles. The van der Waals surface area contributed by atoms with Crippen LogP contribution in [-0.4, -0.2) is 18.1 Å². The first-order valence-electron chi connectivity index (χ1n) is 4.51. The SMILES string of the molecule is CON(Cc1cc(N)c(F)cc1Cl)C(C)=O. The second-order valence-electron chi connectivity index (χ2n) is 3.20. The summed E-state index contributed by atoms with van der Waals surface area (Å²) in [6.07, 6.45) is 0. The van der Waals surface area contributed by atoms with Crippen LogP contribution in [0.1, 0.15) is 12.5 Å². The Kier molecular flexibility index (Phi) is 4.09. The number of hydrogen-bond donors (Lipinski definition) is 1. The lowest BCUT2D eigenvalue weighted by atomic mass is 10.2. The van der Waals surface area contributed by atoms with Crippen LogP contribution in [0.25, 0.3) is 0 Å². The standard InChI is InChI=1S/C10H12ClFN2O2/c1-6(15)14(16-2)5-7-3-10(13)9(12)4-8(7)11/h3-4H,5,13H2,1-2H3. The normalized spacial score (nSPS) is 10.2. The van der Waals surface area contributed by atoms with Crippen LogP contribution in [0, 0.1) is 5.82 Å². The van der Waals surface area contributed by atoms with E-state index < -0.39 is 5.82 Å². The summed E-state index contributed by atoms with van der Waals surface area (Å²) in [5, 5.41) is 1.30. The van der Waals surface area contributed by atoms with Crippen LogP contribution in [-0.2, 0) is 16.2 Å². The zero-order valence-electron chi connectivity index (χ0n) is 8.96. The molecule has 0 fully saturated rings. The minimum absolute atomic E-state index is 0.0148. The van der Waals surface area contributed by atoms with Gasteiger partial charge in [-0.1, -0.05) is 11.6 Å². The van der Waals surface area contributed by atoms with Crippen LogP contribution in [0.15, 0.2) is 12.1 Å². The molecular formula is C10H12ClFN2O2. The van der Waals surface area contributed by atoms with E-state index in [1.807, 2.05) is 0 Å². The van der Waals surface area contributed by atoms with Crippen molar-refractivity contribution in [1.29, 1.82) is 0 Å². The first-order chi connectivity index (χ1) is 7.45. The van der Waals surface area contributed by atoms with E-state index in [0.717, 1.165) is 11.1 Å². The van der Waals surface area contributed by atoms with E-state index in [2.05, 4.69) is 0 Å². The van der Waals surface area contributed by atoms with Crippen molar-refractivity contribution in [1.82, 2.24) is 5.06 Å². The van der Waals surface area contributed by atoms with E-state index in [-0.39, 0.29) is 23.2 Å². The number of nitrogens with two attached hydrogens (primary N) is 1. The second kappa shape index (κ2) is 5.14. The van der Waals surface area contributed by atoms with E-state index in [4.69, 9.17) is 22.2 Å². The molecule has 0 saturated carbocycles. The number of carbonyl (C=O) groups excluding carboxylic acids is 1. The van der Waals surface area contributed by atoms with Gasteiger partial charge in [0.1, 0.15) is 5.82 Å². The summed E-state index contributed by atoms with van der Waals surface area (Å²) in [5.74, 6) is -0.859. The topological polar surface area (TPSA) is 55.6 Å². The van der Waals surface area contributed by atoms with Gasteiger partial charge in [-0.3, -0.25) is 9.63 Å². The third-order valence-corrected chi connectivity index (χ3v) is 2.40. The molecule has 0 spiro atoms. The van der Waals surface area contributed by atoms with E-state index in [1.165, 1.54) is 20.1 Å². The molecule has 0 aliphatic heterocycles. The summed E-state index contributed by atoms with van der Waals surface area (Å²) >= 11 is 5.82. The number of rotatable bonds is 3. The van der Waals surface area contributed by atoms with E-state index in [1.54, 1.807) is 0 Å². The maximum atomic E-state index is 13.0. The highest BCUT2D eigenvalue weighted by atomic mass is 35.5. The molecule has 0 unspecified atom stereocenters. The van der Waals surface area contributed by atoms with Gasteiger partial charge in [-0.05, 0) is 17.7 Å². The number of anilines is 1. The Labute approximate surface area is 97.7 Å². The average molecular weight is 247 g/mol. The Morgan fingerprint density at radius 2 is 2.25 bits per heavy atom. The van der Waals surface area contributed by atoms with E-state index in [0.29, 0.717) is 5.56 Å². The third-order valence-electron chi connectivity index (χ3n) is 2.05. The van der Waals surface area contributed by atoms with Crippen LogP contribution < -0.4 is 5.73 Å². The highest BCUT2D eigenvalue weighted by Gasteiger charge is 2.13. The van der Waals surface area contributed by atoms with E-state index in [9.17, 15) is 9.18 Å². The van der Waals surface area contributed by atoms with Crippen molar-refractivity contribution in [3.8, 4) is 0 Å². The lowest BCUT2D eigenvalue weighted by Gasteiger charge is -2.18. The minimum Gasteiger partial charge on any atom is -0.396 e. The van der Waals surface area contributed by atoms with Gasteiger partial charge < -0.3 is 5.73 Å². The van der Waals surface area contributed by atoms with Gasteiger partial charge in [0.25, 0.3) is 0 Å². The number of amides is 1. The van der Waals surface area contributed by atoms with E-state index >= 15 is 0 Å². The van der Waals surface area contributed by atoms with Crippen molar-refractivity contribution in [3.63, 3.8) is 0 Å². The summed E-state index contributed by atoms with van der Waals surface area (Å²) in [6.45, 7) is 1.47. The molecule has 16 heavy (non-hydrogen) atoms. The number of carbonyl (C=O) groups is 1. The summed E-state index contributed by atoms with van der Waals surface area (Å²) in [5.41, 5.74) is 5.92. The molecule has 4 nitrogen and oxygen atoms in total. The molecule has 0 radical (unpaired) electrons. The van der Waals surface area contributed by atoms with Crippen LogP contribution in [0.5, 0.6) is 0 Å². The lowest BCUT2D eigenvalue weighted by Crippen LogP contribution is -2.27. The molecule has 6 heteroatoms.